The lowest BCUT2D eigenvalue weighted by Crippen LogP contribution is -2.60. The Balaban J connectivity index is 1.24. The van der Waals surface area contributed by atoms with Crippen molar-refractivity contribution in [2.75, 3.05) is 6.61 Å². The molecular weight excluding hydrogens is 492 g/mol. The van der Waals surface area contributed by atoms with Crippen molar-refractivity contribution in [3.05, 3.63) is 11.6 Å². The van der Waals surface area contributed by atoms with Crippen molar-refractivity contribution in [1.29, 1.82) is 0 Å². The van der Waals surface area contributed by atoms with Crippen molar-refractivity contribution in [3.63, 3.8) is 0 Å². The summed E-state index contributed by atoms with van der Waals surface area (Å²) < 4.78 is 11.9. The summed E-state index contributed by atoms with van der Waals surface area (Å²) in [6, 6.07) is 0. The van der Waals surface area contributed by atoms with Crippen LogP contribution in [0.1, 0.15) is 105 Å². The molecule has 13 unspecified atom stereocenters. The molecule has 1 aliphatic heterocycles. The number of aliphatic hydroxyl groups is 4. The number of hydrogen-bond donors (Lipinski definition) is 4. The highest BCUT2D eigenvalue weighted by atomic mass is 16.7. The molecule has 0 aromatic rings. The molecule has 0 bridgehead atoms. The Kier molecular flexibility index (Phi) is 8.95. The van der Waals surface area contributed by atoms with Crippen LogP contribution in [-0.4, -0.2) is 63.8 Å². The third-order valence-corrected chi connectivity index (χ3v) is 12.4. The van der Waals surface area contributed by atoms with Crippen LogP contribution >= 0.6 is 0 Å². The van der Waals surface area contributed by atoms with Gasteiger partial charge in [-0.2, -0.15) is 0 Å². The molecule has 4 N–H and O–H groups in total. The SMILES string of the molecule is CC(C)CCCC(C)C1CCC2C3CC=C4CC(OC5OC(CO)C(O)C(O)C5O)CCC4(C)C3CCC12C. The highest BCUT2D eigenvalue weighted by Crippen LogP contribution is 2.67. The molecule has 5 rings (SSSR count). The summed E-state index contributed by atoms with van der Waals surface area (Å²) in [6.45, 7) is 12.0. The Morgan fingerprint density at radius 3 is 2.44 bits per heavy atom. The van der Waals surface area contributed by atoms with Crippen LogP contribution in [0.2, 0.25) is 0 Å². The fraction of sp³-hybridized carbons (Fsp3) is 0.939. The minimum absolute atomic E-state index is 0.0984. The zero-order chi connectivity index (χ0) is 28.1. The first kappa shape index (κ1) is 30.0. The third-order valence-electron chi connectivity index (χ3n) is 12.4. The minimum Gasteiger partial charge on any atom is -0.394 e. The van der Waals surface area contributed by atoms with Gasteiger partial charge in [0, 0.05) is 0 Å². The Labute approximate surface area is 236 Å². The van der Waals surface area contributed by atoms with Gasteiger partial charge in [-0.3, -0.25) is 0 Å². The van der Waals surface area contributed by atoms with E-state index in [1.54, 1.807) is 0 Å². The average molecular weight is 549 g/mol. The second-order valence-electron chi connectivity index (χ2n) is 15.0. The molecule has 1 saturated heterocycles. The fourth-order valence-corrected chi connectivity index (χ4v) is 10.1. The Morgan fingerprint density at radius 2 is 1.72 bits per heavy atom. The molecule has 224 valence electrons. The molecule has 5 aliphatic rings. The van der Waals surface area contributed by atoms with E-state index in [9.17, 15) is 20.4 Å². The summed E-state index contributed by atoms with van der Waals surface area (Å²) in [4.78, 5) is 0. The molecule has 39 heavy (non-hydrogen) atoms. The van der Waals surface area contributed by atoms with E-state index < -0.39 is 37.3 Å². The normalized spacial score (nSPS) is 48.7. The maximum Gasteiger partial charge on any atom is 0.186 e. The van der Waals surface area contributed by atoms with Crippen LogP contribution in [0.4, 0.5) is 0 Å². The lowest BCUT2D eigenvalue weighted by molar-refractivity contribution is -0.313. The van der Waals surface area contributed by atoms with E-state index >= 15 is 0 Å². The lowest BCUT2D eigenvalue weighted by Gasteiger charge is -2.58. The van der Waals surface area contributed by atoms with Crippen molar-refractivity contribution in [3.8, 4) is 0 Å². The molecule has 13 atom stereocenters. The highest BCUT2D eigenvalue weighted by Gasteiger charge is 2.59. The van der Waals surface area contributed by atoms with Gasteiger partial charge in [-0.15, -0.1) is 0 Å². The van der Waals surface area contributed by atoms with Crippen LogP contribution < -0.4 is 0 Å². The molecule has 0 spiro atoms. The van der Waals surface area contributed by atoms with Gasteiger partial charge in [0.15, 0.2) is 6.29 Å². The largest absolute Gasteiger partial charge is 0.394 e. The van der Waals surface area contributed by atoms with Crippen molar-refractivity contribution in [2.24, 2.45) is 46.3 Å². The number of ether oxygens (including phenoxy) is 2. The van der Waals surface area contributed by atoms with Gasteiger partial charge in [-0.1, -0.05) is 65.5 Å². The molecule has 4 fully saturated rings. The van der Waals surface area contributed by atoms with E-state index in [-0.39, 0.29) is 11.5 Å². The van der Waals surface area contributed by atoms with Crippen LogP contribution in [-0.2, 0) is 9.47 Å². The minimum atomic E-state index is -1.39. The predicted molar refractivity (Wildman–Crippen MR) is 152 cm³/mol. The summed E-state index contributed by atoms with van der Waals surface area (Å²) in [7, 11) is 0. The van der Waals surface area contributed by atoms with Crippen LogP contribution in [0.15, 0.2) is 11.6 Å². The van der Waals surface area contributed by atoms with Gasteiger partial charge in [-0.05, 0) is 97.7 Å². The van der Waals surface area contributed by atoms with Gasteiger partial charge in [-0.25, -0.2) is 0 Å². The Bertz CT molecular complexity index is 872. The maximum absolute atomic E-state index is 10.5. The lowest BCUT2D eigenvalue weighted by atomic mass is 9.47. The monoisotopic (exact) mass is 548 g/mol. The summed E-state index contributed by atoms with van der Waals surface area (Å²) in [5.74, 6) is 4.87. The van der Waals surface area contributed by atoms with Crippen LogP contribution in [0, 0.1) is 46.3 Å². The first-order valence-electron chi connectivity index (χ1n) is 16.1. The molecule has 1 heterocycles. The van der Waals surface area contributed by atoms with Crippen LogP contribution in [0.3, 0.4) is 0 Å². The third kappa shape index (κ3) is 5.41. The predicted octanol–water partition coefficient (Wildman–Crippen LogP) is 5.21. The second kappa shape index (κ2) is 11.6. The van der Waals surface area contributed by atoms with Crippen molar-refractivity contribution in [2.45, 2.75) is 142 Å². The van der Waals surface area contributed by atoms with E-state index in [2.05, 4.69) is 40.7 Å². The first-order chi connectivity index (χ1) is 18.5. The van der Waals surface area contributed by atoms with E-state index in [1.165, 1.54) is 56.9 Å². The van der Waals surface area contributed by atoms with E-state index in [1.807, 2.05) is 0 Å². The average Bonchev–Trinajstić information content (AvgIpc) is 3.26. The summed E-state index contributed by atoms with van der Waals surface area (Å²) in [5.41, 5.74) is 2.20. The highest BCUT2D eigenvalue weighted by molar-refractivity contribution is 5.25. The van der Waals surface area contributed by atoms with Gasteiger partial charge in [0.2, 0.25) is 0 Å². The van der Waals surface area contributed by atoms with Gasteiger partial charge < -0.3 is 29.9 Å². The van der Waals surface area contributed by atoms with Gasteiger partial charge in [0.25, 0.3) is 0 Å². The number of hydrogen-bond acceptors (Lipinski definition) is 6. The topological polar surface area (TPSA) is 99.4 Å². The van der Waals surface area contributed by atoms with Crippen LogP contribution in [0.5, 0.6) is 0 Å². The zero-order valence-corrected chi connectivity index (χ0v) is 25.1. The molecule has 3 saturated carbocycles. The fourth-order valence-electron chi connectivity index (χ4n) is 10.1. The molecule has 0 aromatic carbocycles. The van der Waals surface area contributed by atoms with Crippen molar-refractivity contribution in [1.82, 2.24) is 0 Å². The molecule has 6 heteroatoms. The molecular formula is C33H56O6. The van der Waals surface area contributed by atoms with E-state index in [0.29, 0.717) is 5.41 Å². The molecule has 6 nitrogen and oxygen atoms in total. The Hall–Kier alpha value is -0.500. The quantitative estimate of drug-likeness (QED) is 0.311. The smallest absolute Gasteiger partial charge is 0.186 e. The molecule has 0 radical (unpaired) electrons. The van der Waals surface area contributed by atoms with Gasteiger partial charge >= 0.3 is 0 Å². The molecule has 4 aliphatic carbocycles. The number of aliphatic hydroxyl groups excluding tert-OH is 4. The summed E-state index contributed by atoms with van der Waals surface area (Å²) >= 11 is 0. The second-order valence-corrected chi connectivity index (χ2v) is 15.0. The standard InChI is InChI=1S/C33H56O6/c1-19(2)7-6-8-20(3)24-11-12-25-23-10-9-21-17-22(13-15-32(21,4)26(23)14-16-33(24,25)5)38-31-30(37)29(36)28(35)27(18-34)39-31/h9,19-20,22-31,34-37H,6-8,10-18H2,1-5H3. The number of allylic oxidation sites excluding steroid dienone is 1. The maximum atomic E-state index is 10.5. The van der Waals surface area contributed by atoms with Gasteiger partial charge in [0.1, 0.15) is 24.4 Å². The van der Waals surface area contributed by atoms with Gasteiger partial charge in [0.05, 0.1) is 12.7 Å². The molecule has 0 amide bonds. The summed E-state index contributed by atoms with van der Waals surface area (Å²) in [5, 5.41) is 40.3. The van der Waals surface area contributed by atoms with E-state index in [0.717, 1.165) is 54.8 Å². The Morgan fingerprint density at radius 1 is 0.949 bits per heavy atom. The van der Waals surface area contributed by atoms with Crippen LogP contribution in [0.25, 0.3) is 0 Å². The van der Waals surface area contributed by atoms with Crippen molar-refractivity contribution < 1.29 is 29.9 Å². The zero-order valence-electron chi connectivity index (χ0n) is 25.1. The van der Waals surface area contributed by atoms with E-state index in [4.69, 9.17) is 9.47 Å². The first-order valence-corrected chi connectivity index (χ1v) is 16.1. The molecule has 0 aromatic heterocycles. The number of rotatable bonds is 8. The summed E-state index contributed by atoms with van der Waals surface area (Å²) in [6.07, 6.45) is 9.98. The number of fused-ring (bicyclic) bond motifs is 5. The van der Waals surface area contributed by atoms with Crippen molar-refractivity contribution >= 4 is 0 Å².